The third-order valence-corrected chi connectivity index (χ3v) is 5.49. The number of pyridine rings is 1. The molecule has 0 radical (unpaired) electrons. The molecule has 0 unspecified atom stereocenters. The molecular formula is C24H21ClN4O5. The fourth-order valence-corrected chi connectivity index (χ4v) is 3.67. The van der Waals surface area contributed by atoms with Crippen LogP contribution in [0.3, 0.4) is 0 Å². The van der Waals surface area contributed by atoms with E-state index < -0.39 is 16.8 Å². The summed E-state index contributed by atoms with van der Waals surface area (Å²) in [5.41, 5.74) is 5.96. The van der Waals surface area contributed by atoms with E-state index in [0.29, 0.717) is 40.4 Å². The van der Waals surface area contributed by atoms with E-state index >= 15 is 0 Å². The van der Waals surface area contributed by atoms with Crippen LogP contribution in [0.25, 0.3) is 10.9 Å². The Kier molecular flexibility index (Phi) is 6.38. The molecule has 4 rings (SSSR count). The quantitative estimate of drug-likeness (QED) is 0.307. The standard InChI is InChI=1S/C24H21ClN4O5/c1-3-7-28-20-21(23(31)22(20)30)29-16-5-4-12(9-15(16)25)34-18-6-8-27-17-11-19(33-2)14(24(26)32)10-13(17)18/h4-6,8-11,28-29H,3,7H2,1-2H3,(H2,26,32). The summed E-state index contributed by atoms with van der Waals surface area (Å²) in [6.45, 7) is 2.53. The third-order valence-electron chi connectivity index (χ3n) is 5.18. The summed E-state index contributed by atoms with van der Waals surface area (Å²) in [5.74, 6) is 0.515. The molecule has 1 amide bonds. The number of carbonyl (C=O) groups is 1. The molecule has 0 aliphatic carbocycles. The fourth-order valence-electron chi connectivity index (χ4n) is 3.45. The first-order valence-corrected chi connectivity index (χ1v) is 10.8. The van der Waals surface area contributed by atoms with Crippen molar-refractivity contribution in [3.8, 4) is 17.2 Å². The van der Waals surface area contributed by atoms with Crippen molar-refractivity contribution in [2.45, 2.75) is 13.3 Å². The third kappa shape index (κ3) is 4.25. The molecule has 34 heavy (non-hydrogen) atoms. The van der Waals surface area contributed by atoms with Crippen LogP contribution in [0.5, 0.6) is 17.2 Å². The summed E-state index contributed by atoms with van der Waals surface area (Å²) in [6, 6.07) is 9.68. The number of hydrogen-bond acceptors (Lipinski definition) is 8. The Morgan fingerprint density at radius 2 is 1.85 bits per heavy atom. The number of nitrogens with two attached hydrogens (primary N) is 1. The van der Waals surface area contributed by atoms with Gasteiger partial charge in [0.15, 0.2) is 0 Å². The van der Waals surface area contributed by atoms with Crippen molar-refractivity contribution < 1.29 is 14.3 Å². The lowest BCUT2D eigenvalue weighted by molar-refractivity contribution is 0.0997. The van der Waals surface area contributed by atoms with E-state index in [0.717, 1.165) is 6.42 Å². The van der Waals surface area contributed by atoms with Crippen LogP contribution in [-0.4, -0.2) is 24.5 Å². The molecule has 3 aromatic carbocycles. The summed E-state index contributed by atoms with van der Waals surface area (Å²) in [7, 11) is 1.44. The molecule has 0 aliphatic rings. The molecule has 1 aromatic heterocycles. The Hall–Kier alpha value is -4.11. The number of nitrogens with zero attached hydrogens (tertiary/aromatic N) is 1. The predicted molar refractivity (Wildman–Crippen MR) is 132 cm³/mol. The highest BCUT2D eigenvalue weighted by Crippen LogP contribution is 2.36. The average molecular weight is 481 g/mol. The van der Waals surface area contributed by atoms with Crippen LogP contribution in [0.1, 0.15) is 23.7 Å². The van der Waals surface area contributed by atoms with E-state index in [2.05, 4.69) is 15.6 Å². The van der Waals surface area contributed by atoms with Gasteiger partial charge in [0.1, 0.15) is 28.6 Å². The minimum absolute atomic E-state index is 0.182. The largest absolute Gasteiger partial charge is 0.496 e. The minimum atomic E-state index is -0.641. The zero-order valence-corrected chi connectivity index (χ0v) is 19.2. The summed E-state index contributed by atoms with van der Waals surface area (Å²) >= 11 is 6.41. The molecule has 174 valence electrons. The molecule has 4 aromatic rings. The minimum Gasteiger partial charge on any atom is -0.496 e. The van der Waals surface area contributed by atoms with Crippen molar-refractivity contribution in [2.75, 3.05) is 24.3 Å². The van der Waals surface area contributed by atoms with Gasteiger partial charge in [-0.2, -0.15) is 0 Å². The van der Waals surface area contributed by atoms with Gasteiger partial charge in [-0.3, -0.25) is 19.4 Å². The Bertz CT molecular complexity index is 1480. The van der Waals surface area contributed by atoms with E-state index in [-0.39, 0.29) is 22.0 Å². The van der Waals surface area contributed by atoms with Gasteiger partial charge in [-0.05, 0) is 30.7 Å². The van der Waals surface area contributed by atoms with Gasteiger partial charge in [0.25, 0.3) is 16.8 Å². The molecule has 9 nitrogen and oxygen atoms in total. The van der Waals surface area contributed by atoms with Crippen LogP contribution in [0.15, 0.2) is 52.2 Å². The maximum atomic E-state index is 12.0. The lowest BCUT2D eigenvalue weighted by atomic mass is 10.1. The number of carbonyl (C=O) groups excluding carboxylic acids is 1. The summed E-state index contributed by atoms with van der Waals surface area (Å²) in [4.78, 5) is 39.9. The molecule has 0 bridgehead atoms. The van der Waals surface area contributed by atoms with Crippen LogP contribution in [0, 0.1) is 0 Å². The maximum Gasteiger partial charge on any atom is 0.253 e. The fraction of sp³-hybridized carbons (Fsp3) is 0.167. The van der Waals surface area contributed by atoms with Crippen molar-refractivity contribution >= 4 is 45.5 Å². The molecule has 4 N–H and O–H groups in total. The number of amides is 1. The number of anilines is 3. The van der Waals surface area contributed by atoms with Gasteiger partial charge in [-0.15, -0.1) is 0 Å². The van der Waals surface area contributed by atoms with E-state index in [4.69, 9.17) is 26.8 Å². The van der Waals surface area contributed by atoms with Crippen molar-refractivity contribution in [1.29, 1.82) is 0 Å². The molecule has 0 atom stereocenters. The van der Waals surface area contributed by atoms with Gasteiger partial charge in [0.05, 0.1) is 28.9 Å². The number of aromatic nitrogens is 1. The second kappa shape index (κ2) is 9.40. The molecule has 0 spiro atoms. The van der Waals surface area contributed by atoms with Crippen LogP contribution in [0.2, 0.25) is 5.02 Å². The normalized spacial score (nSPS) is 10.9. The van der Waals surface area contributed by atoms with Gasteiger partial charge in [0, 0.05) is 30.3 Å². The Labute approximate surface area is 199 Å². The van der Waals surface area contributed by atoms with Crippen LogP contribution in [-0.2, 0) is 0 Å². The smallest absolute Gasteiger partial charge is 0.253 e. The highest BCUT2D eigenvalue weighted by Gasteiger charge is 2.21. The number of halogens is 1. The van der Waals surface area contributed by atoms with Crippen LogP contribution < -0.4 is 36.7 Å². The zero-order valence-electron chi connectivity index (χ0n) is 18.4. The summed E-state index contributed by atoms with van der Waals surface area (Å²) in [5, 5.41) is 6.72. The van der Waals surface area contributed by atoms with E-state index in [1.54, 1.807) is 42.6 Å². The Morgan fingerprint density at radius 1 is 1.09 bits per heavy atom. The first-order chi connectivity index (χ1) is 16.3. The van der Waals surface area contributed by atoms with Gasteiger partial charge < -0.3 is 25.8 Å². The monoisotopic (exact) mass is 480 g/mol. The first kappa shape index (κ1) is 23.1. The number of rotatable bonds is 9. The number of methoxy groups -OCH3 is 1. The number of hydrogen-bond donors (Lipinski definition) is 3. The summed E-state index contributed by atoms with van der Waals surface area (Å²) < 4.78 is 11.2. The SMILES string of the molecule is CCCNc1c(Nc2ccc(Oc3ccnc4cc(OC)c(C(N)=O)cc34)cc2Cl)c(=O)c1=O. The molecular weight excluding hydrogens is 460 g/mol. The predicted octanol–water partition coefficient (Wildman–Crippen LogP) is 3.95. The second-order valence-electron chi connectivity index (χ2n) is 7.45. The lowest BCUT2D eigenvalue weighted by Crippen LogP contribution is -2.36. The van der Waals surface area contributed by atoms with Crippen LogP contribution in [0.4, 0.5) is 17.1 Å². The Balaban J connectivity index is 1.62. The molecule has 10 heteroatoms. The lowest BCUT2D eigenvalue weighted by Gasteiger charge is -2.16. The van der Waals surface area contributed by atoms with Gasteiger partial charge in [0.2, 0.25) is 0 Å². The second-order valence-corrected chi connectivity index (χ2v) is 7.85. The highest BCUT2D eigenvalue weighted by molar-refractivity contribution is 6.33. The number of benzene rings is 2. The van der Waals surface area contributed by atoms with Gasteiger partial charge >= 0.3 is 0 Å². The highest BCUT2D eigenvalue weighted by atomic mass is 35.5. The zero-order chi connectivity index (χ0) is 24.4. The Morgan fingerprint density at radius 3 is 2.53 bits per heavy atom. The van der Waals surface area contributed by atoms with Crippen molar-refractivity contribution in [3.63, 3.8) is 0 Å². The topological polar surface area (TPSA) is 133 Å². The number of fused-ring (bicyclic) bond motifs is 1. The first-order valence-electron chi connectivity index (χ1n) is 10.4. The molecule has 0 saturated carbocycles. The van der Waals surface area contributed by atoms with Crippen LogP contribution >= 0.6 is 11.6 Å². The molecule has 0 fully saturated rings. The summed E-state index contributed by atoms with van der Waals surface area (Å²) in [6.07, 6.45) is 2.37. The van der Waals surface area contributed by atoms with Gasteiger partial charge in [-0.1, -0.05) is 18.5 Å². The number of primary amides is 1. The maximum absolute atomic E-state index is 12.0. The van der Waals surface area contributed by atoms with Crippen molar-refractivity contribution in [3.05, 3.63) is 73.6 Å². The van der Waals surface area contributed by atoms with E-state index in [1.807, 2.05) is 6.92 Å². The van der Waals surface area contributed by atoms with E-state index in [1.165, 1.54) is 7.11 Å². The van der Waals surface area contributed by atoms with Crippen molar-refractivity contribution in [1.82, 2.24) is 4.98 Å². The molecule has 0 aliphatic heterocycles. The molecule has 1 heterocycles. The van der Waals surface area contributed by atoms with E-state index in [9.17, 15) is 14.4 Å². The molecule has 0 saturated heterocycles. The number of nitrogens with one attached hydrogen (secondary N) is 2. The average Bonchev–Trinajstić information content (AvgIpc) is 2.83. The van der Waals surface area contributed by atoms with Crippen molar-refractivity contribution in [2.24, 2.45) is 5.73 Å². The number of ether oxygens (including phenoxy) is 2. The van der Waals surface area contributed by atoms with Gasteiger partial charge in [-0.25, -0.2) is 0 Å².